The van der Waals surface area contributed by atoms with Crippen LogP contribution in [0.2, 0.25) is 0 Å². The minimum Gasteiger partial charge on any atom is -0.437 e. The number of aromatic nitrogens is 2. The molecule has 0 unspecified atom stereocenters. The second-order valence-corrected chi connectivity index (χ2v) is 5.90. The molecule has 1 amide bonds. The Morgan fingerprint density at radius 1 is 1.33 bits per heavy atom. The van der Waals surface area contributed by atoms with Crippen molar-refractivity contribution < 1.29 is 22.7 Å². The first-order chi connectivity index (χ1) is 11.3. The van der Waals surface area contributed by atoms with Gasteiger partial charge < -0.3 is 9.64 Å². The number of nitrogens with zero attached hydrogens (tertiary/aromatic N) is 3. The molecule has 0 aliphatic carbocycles. The Labute approximate surface area is 139 Å². The number of thioether (sulfide) groups is 1. The summed E-state index contributed by atoms with van der Waals surface area (Å²) in [6.07, 6.45) is -2.33. The summed E-state index contributed by atoms with van der Waals surface area (Å²) in [6, 6.07) is 4.82. The van der Waals surface area contributed by atoms with Crippen LogP contribution in [-0.4, -0.2) is 34.1 Å². The molecule has 0 N–H and O–H groups in total. The molecular formula is C15H12F3N3O2S. The molecule has 9 heteroatoms. The molecular weight excluding hydrogens is 343 g/mol. The molecule has 1 aliphatic heterocycles. The maximum absolute atomic E-state index is 13.2. The van der Waals surface area contributed by atoms with Crippen LogP contribution in [0.4, 0.5) is 13.2 Å². The van der Waals surface area contributed by atoms with Gasteiger partial charge in [-0.05, 0) is 17.9 Å². The fourth-order valence-corrected chi connectivity index (χ4v) is 2.71. The van der Waals surface area contributed by atoms with Crippen molar-refractivity contribution in [2.75, 3.05) is 13.3 Å². The molecule has 3 rings (SSSR count). The first-order valence-corrected chi connectivity index (χ1v) is 8.07. The number of halogens is 3. The molecule has 0 spiro atoms. The molecule has 0 saturated carbocycles. The molecule has 0 fully saturated rings. The van der Waals surface area contributed by atoms with Gasteiger partial charge in [0.2, 0.25) is 5.88 Å². The number of fused-ring (bicyclic) bond motifs is 1. The van der Waals surface area contributed by atoms with Crippen molar-refractivity contribution in [2.24, 2.45) is 0 Å². The molecule has 1 aromatic heterocycles. The van der Waals surface area contributed by atoms with Gasteiger partial charge in [0.15, 0.2) is 5.16 Å². The number of rotatable bonds is 3. The molecule has 2 aromatic rings. The van der Waals surface area contributed by atoms with Gasteiger partial charge in [-0.3, -0.25) is 4.79 Å². The average molecular weight is 355 g/mol. The third-order valence-corrected chi connectivity index (χ3v) is 4.07. The highest BCUT2D eigenvalue weighted by Gasteiger charge is 2.37. The summed E-state index contributed by atoms with van der Waals surface area (Å²) < 4.78 is 44.9. The maximum atomic E-state index is 13.2. The third-order valence-electron chi connectivity index (χ3n) is 3.51. The summed E-state index contributed by atoms with van der Waals surface area (Å²) in [4.78, 5) is 21.1. The molecule has 5 nitrogen and oxygen atoms in total. The first kappa shape index (κ1) is 16.6. The van der Waals surface area contributed by atoms with E-state index in [0.717, 1.165) is 11.8 Å². The van der Waals surface area contributed by atoms with Crippen molar-refractivity contribution >= 4 is 17.7 Å². The SMILES string of the molecule is CSc1ncc(C(F)(F)F)c(Oc2cccc3c2C(=O)N(C)C3)n1. The molecule has 24 heavy (non-hydrogen) atoms. The number of hydrogen-bond acceptors (Lipinski definition) is 5. The fraction of sp³-hybridized carbons (Fsp3) is 0.267. The van der Waals surface area contributed by atoms with Gasteiger partial charge in [-0.1, -0.05) is 23.9 Å². The summed E-state index contributed by atoms with van der Waals surface area (Å²) in [5.74, 6) is -0.857. The normalized spacial score (nSPS) is 14.0. The van der Waals surface area contributed by atoms with Crippen LogP contribution in [0, 0.1) is 0 Å². The van der Waals surface area contributed by atoms with E-state index in [1.165, 1.54) is 11.0 Å². The Kier molecular flexibility index (Phi) is 4.12. The van der Waals surface area contributed by atoms with Gasteiger partial charge in [-0.2, -0.15) is 18.2 Å². The lowest BCUT2D eigenvalue weighted by Crippen LogP contribution is -2.18. The van der Waals surface area contributed by atoms with Crippen molar-refractivity contribution in [3.63, 3.8) is 0 Å². The van der Waals surface area contributed by atoms with Crippen LogP contribution in [0.3, 0.4) is 0 Å². The molecule has 0 atom stereocenters. The predicted octanol–water partition coefficient (Wildman–Crippen LogP) is 3.60. The van der Waals surface area contributed by atoms with Crippen LogP contribution >= 0.6 is 11.8 Å². The monoisotopic (exact) mass is 355 g/mol. The number of alkyl halides is 3. The molecule has 1 aromatic carbocycles. The lowest BCUT2D eigenvalue weighted by atomic mass is 10.1. The fourth-order valence-electron chi connectivity index (χ4n) is 2.38. The maximum Gasteiger partial charge on any atom is 0.423 e. The molecule has 2 heterocycles. The highest BCUT2D eigenvalue weighted by atomic mass is 32.2. The van der Waals surface area contributed by atoms with Crippen LogP contribution in [0.1, 0.15) is 21.5 Å². The van der Waals surface area contributed by atoms with E-state index in [1.807, 2.05) is 0 Å². The smallest absolute Gasteiger partial charge is 0.423 e. The van der Waals surface area contributed by atoms with Gasteiger partial charge in [0.1, 0.15) is 11.3 Å². The Hall–Kier alpha value is -2.29. The zero-order valence-electron chi connectivity index (χ0n) is 12.7. The predicted molar refractivity (Wildman–Crippen MR) is 81.1 cm³/mol. The van der Waals surface area contributed by atoms with E-state index < -0.39 is 17.6 Å². The highest BCUT2D eigenvalue weighted by molar-refractivity contribution is 7.98. The second kappa shape index (κ2) is 5.97. The Bertz CT molecular complexity index is 811. The third kappa shape index (κ3) is 2.91. The lowest BCUT2D eigenvalue weighted by Gasteiger charge is -2.14. The van der Waals surface area contributed by atoms with Crippen molar-refractivity contribution in [3.8, 4) is 11.6 Å². The molecule has 0 radical (unpaired) electrons. The summed E-state index contributed by atoms with van der Waals surface area (Å²) in [5.41, 5.74) is -0.123. The van der Waals surface area contributed by atoms with Crippen molar-refractivity contribution in [3.05, 3.63) is 41.1 Å². The zero-order valence-corrected chi connectivity index (χ0v) is 13.5. The highest BCUT2D eigenvalue weighted by Crippen LogP contribution is 2.39. The summed E-state index contributed by atoms with van der Waals surface area (Å²) in [5, 5.41) is 0.147. The van der Waals surface area contributed by atoms with Gasteiger partial charge in [0, 0.05) is 19.8 Å². The van der Waals surface area contributed by atoms with E-state index in [0.29, 0.717) is 18.3 Å². The molecule has 0 saturated heterocycles. The van der Waals surface area contributed by atoms with Gasteiger partial charge in [0.25, 0.3) is 5.91 Å². The van der Waals surface area contributed by atoms with Crippen molar-refractivity contribution in [1.29, 1.82) is 0 Å². The van der Waals surface area contributed by atoms with E-state index in [9.17, 15) is 18.0 Å². The average Bonchev–Trinajstić information content (AvgIpc) is 2.82. The zero-order chi connectivity index (χ0) is 17.5. The molecule has 126 valence electrons. The number of carbonyl (C=O) groups is 1. The Morgan fingerprint density at radius 2 is 2.08 bits per heavy atom. The second-order valence-electron chi connectivity index (χ2n) is 5.13. The number of benzene rings is 1. The quantitative estimate of drug-likeness (QED) is 0.622. The minimum absolute atomic E-state index is 0.0538. The van der Waals surface area contributed by atoms with Crippen LogP contribution < -0.4 is 4.74 Å². The van der Waals surface area contributed by atoms with Crippen LogP contribution in [0.15, 0.2) is 29.6 Å². The number of amides is 1. The van der Waals surface area contributed by atoms with E-state index in [2.05, 4.69) is 9.97 Å². The topological polar surface area (TPSA) is 55.3 Å². The first-order valence-electron chi connectivity index (χ1n) is 6.84. The standard InChI is InChI=1S/C15H12F3N3O2S/c1-21-7-8-4-3-5-10(11(8)13(21)22)23-12-9(15(16,17)18)6-19-14(20-12)24-2/h3-6H,7H2,1-2H3. The van der Waals surface area contributed by atoms with Crippen LogP contribution in [0.25, 0.3) is 0 Å². The summed E-state index contributed by atoms with van der Waals surface area (Å²) in [6.45, 7) is 0.386. The van der Waals surface area contributed by atoms with Crippen LogP contribution in [0.5, 0.6) is 11.6 Å². The van der Waals surface area contributed by atoms with E-state index in [4.69, 9.17) is 4.74 Å². The van der Waals surface area contributed by atoms with Crippen molar-refractivity contribution in [2.45, 2.75) is 17.9 Å². The van der Waals surface area contributed by atoms with Gasteiger partial charge in [-0.15, -0.1) is 0 Å². The Morgan fingerprint density at radius 3 is 2.75 bits per heavy atom. The number of hydrogen-bond donors (Lipinski definition) is 0. The van der Waals surface area contributed by atoms with E-state index >= 15 is 0 Å². The van der Waals surface area contributed by atoms with Gasteiger partial charge in [0.05, 0.1) is 5.56 Å². The minimum atomic E-state index is -4.66. The van der Waals surface area contributed by atoms with Crippen molar-refractivity contribution in [1.82, 2.24) is 14.9 Å². The number of carbonyl (C=O) groups excluding carboxylic acids is 1. The number of ether oxygens (including phenoxy) is 1. The van der Waals surface area contributed by atoms with Gasteiger partial charge >= 0.3 is 6.18 Å². The Balaban J connectivity index is 2.07. The molecule has 1 aliphatic rings. The summed E-state index contributed by atoms with van der Waals surface area (Å²) in [7, 11) is 1.61. The van der Waals surface area contributed by atoms with Crippen LogP contribution in [-0.2, 0) is 12.7 Å². The summed E-state index contributed by atoms with van der Waals surface area (Å²) >= 11 is 1.09. The molecule has 0 bridgehead atoms. The van der Waals surface area contributed by atoms with E-state index in [1.54, 1.807) is 25.4 Å². The lowest BCUT2D eigenvalue weighted by molar-refractivity contribution is -0.139. The largest absolute Gasteiger partial charge is 0.437 e. The van der Waals surface area contributed by atoms with Gasteiger partial charge in [-0.25, -0.2) is 4.98 Å². The van der Waals surface area contributed by atoms with E-state index in [-0.39, 0.29) is 22.4 Å².